The Labute approximate surface area is 251 Å². The number of aliphatic hydroxyl groups is 1. The largest absolute Gasteiger partial charge is 0.392 e. The van der Waals surface area contributed by atoms with Crippen LogP contribution in [0.5, 0.6) is 0 Å². The number of nitrogens with zero attached hydrogens (tertiary/aromatic N) is 2. The first kappa shape index (κ1) is 31.2. The van der Waals surface area contributed by atoms with Crippen LogP contribution >= 0.6 is 0 Å². The Bertz CT molecular complexity index is 1740. The average molecular weight is 579 g/mol. The second kappa shape index (κ2) is 13.9. The van der Waals surface area contributed by atoms with Gasteiger partial charge in [0.25, 0.3) is 5.91 Å². The van der Waals surface area contributed by atoms with Crippen molar-refractivity contribution in [3.8, 4) is 0 Å². The molecule has 8 heteroatoms. The van der Waals surface area contributed by atoms with Gasteiger partial charge in [0.15, 0.2) is 0 Å². The second-order valence-electron chi connectivity index (χ2n) is 11.1. The van der Waals surface area contributed by atoms with Gasteiger partial charge in [-0.2, -0.15) is 4.99 Å². The van der Waals surface area contributed by atoms with Gasteiger partial charge in [0.1, 0.15) is 11.5 Å². The van der Waals surface area contributed by atoms with Crippen LogP contribution in [0.15, 0.2) is 96.0 Å². The fourth-order valence-corrected chi connectivity index (χ4v) is 4.54. The van der Waals surface area contributed by atoms with E-state index in [1.54, 1.807) is 13.2 Å². The number of amides is 2. The number of carbonyl (C=O) groups excluding carboxylic acids is 2. The molecule has 0 saturated carbocycles. The van der Waals surface area contributed by atoms with Crippen LogP contribution < -0.4 is 11.1 Å². The van der Waals surface area contributed by atoms with Crippen molar-refractivity contribution < 1.29 is 19.4 Å². The van der Waals surface area contributed by atoms with E-state index in [2.05, 4.69) is 34.6 Å². The average Bonchev–Trinajstić information content (AvgIpc) is 3.38. The number of ether oxygens (including phenoxy) is 1. The maximum Gasteiger partial charge on any atom is 0.268 e. The number of aromatic nitrogens is 1. The zero-order valence-corrected chi connectivity index (χ0v) is 25.0. The SMILES string of the molecule is COC(C)(C)C.NC(=NC=O)c1ccc2cc(C(=O)NCc3ccc(CO)cc3)n(Cc3cccc4ccccc34)c2c1. The highest BCUT2D eigenvalue weighted by Gasteiger charge is 2.18. The molecule has 0 atom stereocenters. The van der Waals surface area contributed by atoms with Gasteiger partial charge in [-0.1, -0.05) is 78.9 Å². The number of carbonyl (C=O) groups is 2. The van der Waals surface area contributed by atoms with Crippen LogP contribution in [0, 0.1) is 0 Å². The van der Waals surface area contributed by atoms with Gasteiger partial charge in [-0.25, -0.2) is 0 Å². The molecule has 4 N–H and O–H groups in total. The first-order valence-electron chi connectivity index (χ1n) is 14.0. The Balaban J connectivity index is 0.000000641. The number of methoxy groups -OCH3 is 1. The molecule has 2 amide bonds. The van der Waals surface area contributed by atoms with Crippen LogP contribution in [-0.4, -0.2) is 40.5 Å². The van der Waals surface area contributed by atoms with Crippen molar-refractivity contribution >= 4 is 39.8 Å². The van der Waals surface area contributed by atoms with E-state index in [9.17, 15) is 14.7 Å². The molecule has 43 heavy (non-hydrogen) atoms. The smallest absolute Gasteiger partial charge is 0.268 e. The van der Waals surface area contributed by atoms with Crippen LogP contribution in [0.1, 0.15) is 53.5 Å². The zero-order valence-electron chi connectivity index (χ0n) is 25.0. The molecule has 0 saturated heterocycles. The number of aliphatic imine (C=N–C) groups is 1. The second-order valence-corrected chi connectivity index (χ2v) is 11.1. The number of nitrogens with one attached hydrogen (secondary N) is 1. The molecular weight excluding hydrogens is 540 g/mol. The zero-order chi connectivity index (χ0) is 31.0. The fourth-order valence-electron chi connectivity index (χ4n) is 4.54. The summed E-state index contributed by atoms with van der Waals surface area (Å²) in [5, 5.41) is 15.4. The van der Waals surface area contributed by atoms with Crippen LogP contribution in [0.25, 0.3) is 21.7 Å². The van der Waals surface area contributed by atoms with Crippen molar-refractivity contribution in [1.29, 1.82) is 0 Å². The van der Waals surface area contributed by atoms with E-state index in [0.717, 1.165) is 38.4 Å². The monoisotopic (exact) mass is 578 g/mol. The quantitative estimate of drug-likeness (QED) is 0.127. The summed E-state index contributed by atoms with van der Waals surface area (Å²) in [6, 6.07) is 29.1. The van der Waals surface area contributed by atoms with E-state index in [-0.39, 0.29) is 24.0 Å². The summed E-state index contributed by atoms with van der Waals surface area (Å²) >= 11 is 0. The molecule has 1 aromatic heterocycles. The lowest BCUT2D eigenvalue weighted by molar-refractivity contribution is -0.106. The Morgan fingerprint density at radius 2 is 1.63 bits per heavy atom. The maximum absolute atomic E-state index is 13.4. The van der Waals surface area contributed by atoms with Crippen molar-refractivity contribution in [1.82, 2.24) is 9.88 Å². The van der Waals surface area contributed by atoms with Gasteiger partial charge in [0.2, 0.25) is 6.41 Å². The van der Waals surface area contributed by atoms with E-state index in [0.29, 0.717) is 30.8 Å². The number of hydrogen-bond acceptors (Lipinski definition) is 4. The number of nitrogens with two attached hydrogens (primary N) is 1. The third-order valence-electron chi connectivity index (χ3n) is 7.10. The van der Waals surface area contributed by atoms with Crippen molar-refractivity contribution in [2.75, 3.05) is 7.11 Å². The molecule has 0 spiro atoms. The van der Waals surface area contributed by atoms with Crippen LogP contribution in [0.2, 0.25) is 0 Å². The highest BCUT2D eigenvalue weighted by Crippen LogP contribution is 2.26. The van der Waals surface area contributed by atoms with E-state index in [1.165, 1.54) is 0 Å². The number of hydrogen-bond donors (Lipinski definition) is 3. The molecule has 0 fully saturated rings. The molecule has 5 rings (SSSR count). The summed E-state index contributed by atoms with van der Waals surface area (Å²) < 4.78 is 6.91. The molecule has 0 aliphatic heterocycles. The van der Waals surface area contributed by atoms with Crippen molar-refractivity contribution in [2.45, 2.75) is 46.1 Å². The number of aliphatic hydroxyl groups excluding tert-OH is 1. The minimum atomic E-state index is -0.209. The lowest BCUT2D eigenvalue weighted by Gasteiger charge is -2.14. The van der Waals surface area contributed by atoms with Gasteiger partial charge < -0.3 is 25.5 Å². The van der Waals surface area contributed by atoms with E-state index in [1.807, 2.05) is 86.0 Å². The van der Waals surface area contributed by atoms with E-state index < -0.39 is 0 Å². The van der Waals surface area contributed by atoms with Crippen LogP contribution in [-0.2, 0) is 29.2 Å². The Morgan fingerprint density at radius 3 is 2.30 bits per heavy atom. The molecule has 0 aliphatic carbocycles. The van der Waals surface area contributed by atoms with Crippen molar-refractivity contribution in [2.24, 2.45) is 10.7 Å². The van der Waals surface area contributed by atoms with Crippen molar-refractivity contribution in [3.63, 3.8) is 0 Å². The third kappa shape index (κ3) is 7.94. The molecule has 222 valence electrons. The predicted octanol–water partition coefficient (Wildman–Crippen LogP) is 5.56. The summed E-state index contributed by atoms with van der Waals surface area (Å²) in [5.41, 5.74) is 10.8. The molecule has 0 aliphatic rings. The standard InChI is InChI=1S/C30H26N4O3.C5H12O/c31-29(33-19-36)24-13-12-23-14-28(30(37)32-16-20-8-10-21(18-35)11-9-20)34(27(23)15-24)17-25-6-3-5-22-4-1-2-7-26(22)25;1-5(2,3)6-4/h1-15,19,35H,16-18H2,(H,32,37)(H2,31,33,36);1-4H3. The van der Waals surface area contributed by atoms with Gasteiger partial charge in [-0.3, -0.25) is 9.59 Å². The number of rotatable bonds is 8. The Hall–Kier alpha value is -4.79. The normalized spacial score (nSPS) is 11.7. The van der Waals surface area contributed by atoms with E-state index >= 15 is 0 Å². The topological polar surface area (TPSA) is 119 Å². The number of fused-ring (bicyclic) bond motifs is 2. The molecule has 0 radical (unpaired) electrons. The van der Waals surface area contributed by atoms with Gasteiger partial charge in [-0.05, 0) is 60.4 Å². The Morgan fingerprint density at radius 1 is 0.953 bits per heavy atom. The van der Waals surface area contributed by atoms with Crippen molar-refractivity contribution in [3.05, 3.63) is 119 Å². The minimum absolute atomic E-state index is 0.0228. The highest BCUT2D eigenvalue weighted by molar-refractivity contribution is 6.05. The van der Waals surface area contributed by atoms with Gasteiger partial charge in [0.05, 0.1) is 12.2 Å². The lowest BCUT2D eigenvalue weighted by Crippen LogP contribution is -2.25. The third-order valence-corrected chi connectivity index (χ3v) is 7.10. The molecule has 0 bridgehead atoms. The van der Waals surface area contributed by atoms with Gasteiger partial charge in [0, 0.05) is 36.7 Å². The van der Waals surface area contributed by atoms with Gasteiger partial charge >= 0.3 is 0 Å². The molecule has 5 aromatic rings. The lowest BCUT2D eigenvalue weighted by atomic mass is 10.0. The fraction of sp³-hybridized carbons (Fsp3) is 0.229. The Kier molecular flexibility index (Phi) is 10.1. The molecule has 4 aromatic carbocycles. The molecule has 1 heterocycles. The summed E-state index contributed by atoms with van der Waals surface area (Å²) in [6.07, 6.45) is 0.417. The molecule has 8 nitrogen and oxygen atoms in total. The first-order valence-corrected chi connectivity index (χ1v) is 14.0. The van der Waals surface area contributed by atoms with Gasteiger partial charge in [-0.15, -0.1) is 0 Å². The van der Waals surface area contributed by atoms with Crippen LogP contribution in [0.4, 0.5) is 0 Å². The summed E-state index contributed by atoms with van der Waals surface area (Å²) in [7, 11) is 1.71. The maximum atomic E-state index is 13.4. The highest BCUT2D eigenvalue weighted by atomic mass is 16.5. The number of amidine groups is 1. The van der Waals surface area contributed by atoms with Crippen LogP contribution in [0.3, 0.4) is 0 Å². The molecule has 0 unspecified atom stereocenters. The summed E-state index contributed by atoms with van der Waals surface area (Å²) in [6.45, 7) is 6.86. The predicted molar refractivity (Wildman–Crippen MR) is 172 cm³/mol. The minimum Gasteiger partial charge on any atom is -0.392 e. The molecular formula is C35H38N4O4. The van der Waals surface area contributed by atoms with E-state index in [4.69, 9.17) is 10.5 Å². The summed E-state index contributed by atoms with van der Waals surface area (Å²) in [5.74, 6) is -0.0918. The first-order chi connectivity index (χ1) is 20.6. The summed E-state index contributed by atoms with van der Waals surface area (Å²) in [4.78, 5) is 28.0. The number of benzene rings is 4.